The Hall–Kier alpha value is -3.40. The highest BCUT2D eigenvalue weighted by molar-refractivity contribution is 5.98. The average Bonchev–Trinajstić information content (AvgIpc) is 3.32. The number of fused-ring (bicyclic) bond motifs is 5. The third kappa shape index (κ3) is 3.53. The van der Waals surface area contributed by atoms with Gasteiger partial charge in [-0.1, -0.05) is 72.3 Å². The number of aryl methyl sites for hydroxylation is 1. The first-order valence-corrected chi connectivity index (χ1v) is 12.3. The van der Waals surface area contributed by atoms with E-state index in [1.807, 2.05) is 36.1 Å². The summed E-state index contributed by atoms with van der Waals surface area (Å²) in [6.07, 6.45) is 3.13. The summed E-state index contributed by atoms with van der Waals surface area (Å²) in [6.45, 7) is 2.36. The summed E-state index contributed by atoms with van der Waals surface area (Å²) in [5, 5.41) is 0. The monoisotopic (exact) mass is 451 g/mol. The fourth-order valence-corrected chi connectivity index (χ4v) is 6.39. The number of nitrogens with zero attached hydrogens (tertiary/aromatic N) is 1. The van der Waals surface area contributed by atoms with Crippen LogP contribution in [0, 0.1) is 12.8 Å². The molecular weight excluding hydrogens is 422 g/mol. The number of amides is 1. The largest absolute Gasteiger partial charge is 0.448 e. The molecule has 2 unspecified atom stereocenters. The normalized spacial score (nSPS) is 22.9. The topological polar surface area (TPSA) is 46.6 Å². The van der Waals surface area contributed by atoms with Gasteiger partial charge in [-0.2, -0.15) is 0 Å². The number of carbonyl (C=O) groups is 2. The average molecular weight is 452 g/mol. The molecule has 0 saturated carbocycles. The first kappa shape index (κ1) is 21.2. The van der Waals surface area contributed by atoms with Gasteiger partial charge in [0.15, 0.2) is 5.78 Å². The third-order valence-corrected chi connectivity index (χ3v) is 7.95. The van der Waals surface area contributed by atoms with Gasteiger partial charge < -0.3 is 9.64 Å². The lowest BCUT2D eigenvalue weighted by atomic mass is 9.84. The van der Waals surface area contributed by atoms with Gasteiger partial charge in [-0.05, 0) is 60.9 Å². The molecular formula is C30H29NO3. The van der Waals surface area contributed by atoms with Crippen molar-refractivity contribution >= 4 is 11.9 Å². The molecule has 0 aromatic heterocycles. The van der Waals surface area contributed by atoms with Crippen LogP contribution in [-0.2, 0) is 4.74 Å². The molecule has 2 heterocycles. The fraction of sp³-hybridized carbons (Fsp3) is 0.333. The van der Waals surface area contributed by atoms with Gasteiger partial charge in [0.05, 0.1) is 0 Å². The number of piperidine rings is 1. The van der Waals surface area contributed by atoms with E-state index in [1.54, 1.807) is 0 Å². The molecule has 1 amide bonds. The second kappa shape index (κ2) is 8.43. The van der Waals surface area contributed by atoms with Crippen molar-refractivity contribution in [2.75, 3.05) is 6.61 Å². The summed E-state index contributed by atoms with van der Waals surface area (Å²) >= 11 is 0. The molecule has 172 valence electrons. The van der Waals surface area contributed by atoms with Crippen molar-refractivity contribution in [1.82, 2.24) is 4.90 Å². The molecule has 2 fully saturated rings. The Labute approximate surface area is 200 Å². The van der Waals surface area contributed by atoms with Crippen LogP contribution in [-0.4, -0.2) is 35.5 Å². The number of ether oxygens (including phenoxy) is 1. The second-order valence-corrected chi connectivity index (χ2v) is 10.00. The highest BCUT2D eigenvalue weighted by atomic mass is 16.6. The van der Waals surface area contributed by atoms with Crippen LogP contribution in [0.2, 0.25) is 0 Å². The van der Waals surface area contributed by atoms with E-state index >= 15 is 0 Å². The summed E-state index contributed by atoms with van der Waals surface area (Å²) in [5.74, 6) is 0.263. The lowest BCUT2D eigenvalue weighted by Crippen LogP contribution is -2.48. The summed E-state index contributed by atoms with van der Waals surface area (Å²) in [5.41, 5.74) is 6.80. The van der Waals surface area contributed by atoms with E-state index in [4.69, 9.17) is 4.74 Å². The van der Waals surface area contributed by atoms with Crippen molar-refractivity contribution in [3.63, 3.8) is 0 Å². The molecule has 4 heteroatoms. The SMILES string of the molecule is Cc1cccc(C(=O)C2CC3CCC(C2)N3C(=O)OCC2c3ccccc3-c3ccccc32)c1. The lowest BCUT2D eigenvalue weighted by Gasteiger charge is -2.37. The molecule has 2 bridgehead atoms. The van der Waals surface area contributed by atoms with E-state index in [2.05, 4.69) is 48.5 Å². The van der Waals surface area contributed by atoms with Gasteiger partial charge >= 0.3 is 6.09 Å². The number of benzene rings is 3. The smallest absolute Gasteiger partial charge is 0.410 e. The Morgan fingerprint density at radius 3 is 2.09 bits per heavy atom. The summed E-state index contributed by atoms with van der Waals surface area (Å²) in [7, 11) is 0. The molecule has 3 aliphatic rings. The number of hydrogen-bond donors (Lipinski definition) is 0. The molecule has 2 aliphatic heterocycles. The van der Waals surface area contributed by atoms with Crippen molar-refractivity contribution < 1.29 is 14.3 Å². The van der Waals surface area contributed by atoms with Gasteiger partial charge in [-0.25, -0.2) is 4.79 Å². The van der Waals surface area contributed by atoms with Crippen LogP contribution >= 0.6 is 0 Å². The van der Waals surface area contributed by atoms with Gasteiger partial charge in [0.1, 0.15) is 6.61 Å². The van der Waals surface area contributed by atoms with Crippen LogP contribution in [0.4, 0.5) is 4.79 Å². The van der Waals surface area contributed by atoms with Gasteiger partial charge in [0, 0.05) is 29.5 Å². The number of rotatable bonds is 4. The first-order valence-electron chi connectivity index (χ1n) is 12.3. The Morgan fingerprint density at radius 1 is 0.853 bits per heavy atom. The Balaban J connectivity index is 1.15. The van der Waals surface area contributed by atoms with Crippen molar-refractivity contribution in [3.8, 4) is 11.1 Å². The zero-order valence-electron chi connectivity index (χ0n) is 19.4. The van der Waals surface area contributed by atoms with E-state index in [-0.39, 0.29) is 35.8 Å². The van der Waals surface area contributed by atoms with E-state index in [1.165, 1.54) is 22.3 Å². The number of carbonyl (C=O) groups excluding carboxylic acids is 2. The lowest BCUT2D eigenvalue weighted by molar-refractivity contribution is 0.0506. The maximum atomic E-state index is 13.2. The van der Waals surface area contributed by atoms with Gasteiger partial charge in [-0.3, -0.25) is 4.79 Å². The molecule has 1 aliphatic carbocycles. The molecule has 0 radical (unpaired) electrons. The zero-order chi connectivity index (χ0) is 23.2. The maximum absolute atomic E-state index is 13.2. The van der Waals surface area contributed by atoms with Crippen LogP contribution in [0.15, 0.2) is 72.8 Å². The maximum Gasteiger partial charge on any atom is 0.410 e. The van der Waals surface area contributed by atoms with Gasteiger partial charge in [0.2, 0.25) is 0 Å². The number of hydrogen-bond acceptors (Lipinski definition) is 3. The Kier molecular flexibility index (Phi) is 5.24. The Morgan fingerprint density at radius 2 is 1.47 bits per heavy atom. The molecule has 6 rings (SSSR count). The zero-order valence-corrected chi connectivity index (χ0v) is 19.4. The second-order valence-electron chi connectivity index (χ2n) is 10.00. The van der Waals surface area contributed by atoms with Crippen molar-refractivity contribution in [3.05, 3.63) is 95.1 Å². The highest BCUT2D eigenvalue weighted by Gasteiger charge is 2.46. The predicted octanol–water partition coefficient (Wildman–Crippen LogP) is 6.37. The van der Waals surface area contributed by atoms with Crippen LogP contribution in [0.25, 0.3) is 11.1 Å². The van der Waals surface area contributed by atoms with E-state index < -0.39 is 0 Å². The van der Waals surface area contributed by atoms with Gasteiger partial charge in [0.25, 0.3) is 0 Å². The van der Waals surface area contributed by atoms with Crippen LogP contribution in [0.5, 0.6) is 0 Å². The molecule has 3 aromatic carbocycles. The highest BCUT2D eigenvalue weighted by Crippen LogP contribution is 2.45. The van der Waals surface area contributed by atoms with Gasteiger partial charge in [-0.15, -0.1) is 0 Å². The van der Waals surface area contributed by atoms with Crippen LogP contribution in [0.1, 0.15) is 58.6 Å². The minimum atomic E-state index is -0.226. The quantitative estimate of drug-likeness (QED) is 0.433. The molecule has 3 aromatic rings. The minimum Gasteiger partial charge on any atom is -0.448 e. The van der Waals surface area contributed by atoms with Crippen molar-refractivity contribution in [1.29, 1.82) is 0 Å². The van der Waals surface area contributed by atoms with E-state index in [9.17, 15) is 9.59 Å². The summed E-state index contributed by atoms with van der Waals surface area (Å²) in [4.78, 5) is 28.3. The van der Waals surface area contributed by atoms with E-state index in [0.717, 1.165) is 36.8 Å². The Bertz CT molecular complexity index is 1210. The van der Waals surface area contributed by atoms with Crippen molar-refractivity contribution in [2.24, 2.45) is 5.92 Å². The molecule has 4 nitrogen and oxygen atoms in total. The number of Topliss-reactive ketones (excluding diaryl/α,β-unsaturated/α-hetero) is 1. The summed E-state index contributed by atoms with van der Waals surface area (Å²) in [6, 6.07) is 24.8. The standard InChI is InChI=1S/C30H29NO3/c1-19-7-6-8-20(15-19)29(32)21-16-22-13-14-23(17-21)31(22)30(33)34-18-28-26-11-4-2-9-24(26)25-10-3-5-12-27(25)28/h2-12,15,21-23,28H,13-14,16-18H2,1H3. The summed E-state index contributed by atoms with van der Waals surface area (Å²) < 4.78 is 5.96. The third-order valence-electron chi connectivity index (χ3n) is 7.95. The van der Waals surface area contributed by atoms with Crippen LogP contribution in [0.3, 0.4) is 0 Å². The minimum absolute atomic E-state index is 0.0167. The van der Waals surface area contributed by atoms with Crippen molar-refractivity contribution in [2.45, 2.75) is 50.6 Å². The van der Waals surface area contributed by atoms with Crippen LogP contribution < -0.4 is 0 Å². The molecule has 34 heavy (non-hydrogen) atoms. The molecule has 0 N–H and O–H groups in total. The molecule has 2 atom stereocenters. The molecule has 2 saturated heterocycles. The molecule has 0 spiro atoms. The fourth-order valence-electron chi connectivity index (χ4n) is 6.39. The van der Waals surface area contributed by atoms with E-state index in [0.29, 0.717) is 6.61 Å². The number of ketones is 1. The predicted molar refractivity (Wildman–Crippen MR) is 132 cm³/mol. The first-order chi connectivity index (χ1) is 16.6.